The Morgan fingerprint density at radius 2 is 1.57 bits per heavy atom. The molecular weight excluding hydrogens is 440 g/mol. The molecule has 0 unspecified atom stereocenters. The van der Waals surface area contributed by atoms with Crippen LogP contribution in [0.15, 0.2) is 48.5 Å². The molecule has 0 aromatic heterocycles. The van der Waals surface area contributed by atoms with Gasteiger partial charge in [0.15, 0.2) is 0 Å². The molecule has 7 heteroatoms. The Kier molecular flexibility index (Phi) is 8.40. The Bertz CT molecular complexity index is 1020. The lowest BCUT2D eigenvalue weighted by atomic mass is 9.95. The van der Waals surface area contributed by atoms with E-state index in [9.17, 15) is 14.4 Å². The summed E-state index contributed by atoms with van der Waals surface area (Å²) in [4.78, 5) is 39.6. The molecule has 1 saturated carbocycles. The van der Waals surface area contributed by atoms with Crippen molar-refractivity contribution in [2.24, 2.45) is 5.92 Å². The number of piperidine rings is 1. The van der Waals surface area contributed by atoms with Crippen LogP contribution in [0, 0.1) is 5.92 Å². The Labute approximate surface area is 207 Å². The van der Waals surface area contributed by atoms with Gasteiger partial charge in [0.1, 0.15) is 0 Å². The monoisotopic (exact) mass is 476 g/mol. The van der Waals surface area contributed by atoms with Crippen molar-refractivity contribution >= 4 is 29.1 Å². The van der Waals surface area contributed by atoms with Gasteiger partial charge < -0.3 is 20.9 Å². The first-order chi connectivity index (χ1) is 17.0. The molecule has 1 aliphatic heterocycles. The van der Waals surface area contributed by atoms with Crippen molar-refractivity contribution in [3.8, 4) is 0 Å². The van der Waals surface area contributed by atoms with Crippen LogP contribution in [0.1, 0.15) is 72.6 Å². The zero-order valence-electron chi connectivity index (χ0n) is 20.5. The summed E-state index contributed by atoms with van der Waals surface area (Å²) in [7, 11) is 0. The Hall–Kier alpha value is -3.35. The van der Waals surface area contributed by atoms with Gasteiger partial charge in [-0.3, -0.25) is 14.4 Å². The van der Waals surface area contributed by atoms with Crippen LogP contribution in [0.4, 0.5) is 11.4 Å². The molecule has 0 bridgehead atoms. The van der Waals surface area contributed by atoms with Gasteiger partial charge in [-0.05, 0) is 74.1 Å². The number of amides is 3. The third-order valence-corrected chi connectivity index (χ3v) is 7.00. The van der Waals surface area contributed by atoms with E-state index in [1.165, 1.54) is 19.3 Å². The molecule has 2 aromatic rings. The minimum Gasteiger partial charge on any atom is -0.376 e. The smallest absolute Gasteiger partial charge is 0.253 e. The van der Waals surface area contributed by atoms with Crippen LogP contribution in [0.2, 0.25) is 0 Å². The summed E-state index contributed by atoms with van der Waals surface area (Å²) in [6, 6.07) is 14.5. The van der Waals surface area contributed by atoms with Gasteiger partial charge in [-0.2, -0.15) is 0 Å². The van der Waals surface area contributed by atoms with Crippen molar-refractivity contribution in [1.29, 1.82) is 0 Å². The van der Waals surface area contributed by atoms with E-state index >= 15 is 0 Å². The van der Waals surface area contributed by atoms with Crippen LogP contribution in [0.25, 0.3) is 0 Å². The lowest BCUT2D eigenvalue weighted by Crippen LogP contribution is -2.37. The lowest BCUT2D eigenvalue weighted by molar-refractivity contribution is -0.114. The highest BCUT2D eigenvalue weighted by Crippen LogP contribution is 2.20. The first kappa shape index (κ1) is 24.8. The average molecular weight is 477 g/mol. The summed E-state index contributed by atoms with van der Waals surface area (Å²) >= 11 is 0. The van der Waals surface area contributed by atoms with Crippen LogP contribution in [-0.2, 0) is 4.79 Å². The minimum atomic E-state index is -0.203. The molecule has 3 N–H and O–H groups in total. The second-order valence-electron chi connectivity index (χ2n) is 9.84. The molecule has 7 nitrogen and oxygen atoms in total. The van der Waals surface area contributed by atoms with Crippen molar-refractivity contribution in [2.75, 3.05) is 30.3 Å². The van der Waals surface area contributed by atoms with E-state index in [0.29, 0.717) is 22.7 Å². The van der Waals surface area contributed by atoms with Crippen molar-refractivity contribution < 1.29 is 14.4 Å². The first-order valence-corrected chi connectivity index (χ1v) is 12.8. The maximum absolute atomic E-state index is 12.8. The summed E-state index contributed by atoms with van der Waals surface area (Å²) < 4.78 is 0. The van der Waals surface area contributed by atoms with E-state index in [1.54, 1.807) is 30.3 Å². The predicted octanol–water partition coefficient (Wildman–Crippen LogP) is 4.67. The van der Waals surface area contributed by atoms with Gasteiger partial charge in [0, 0.05) is 41.6 Å². The van der Waals surface area contributed by atoms with Crippen molar-refractivity contribution in [3.63, 3.8) is 0 Å². The molecule has 1 saturated heterocycles. The molecule has 0 spiro atoms. The number of benzene rings is 2. The number of carbonyl (C=O) groups excluding carboxylic acids is 3. The van der Waals surface area contributed by atoms with Gasteiger partial charge in [0.2, 0.25) is 5.91 Å². The molecule has 35 heavy (non-hydrogen) atoms. The van der Waals surface area contributed by atoms with Gasteiger partial charge in [-0.1, -0.05) is 32.3 Å². The summed E-state index contributed by atoms with van der Waals surface area (Å²) in [5.74, 6) is 0.439. The van der Waals surface area contributed by atoms with Gasteiger partial charge in [0.25, 0.3) is 11.8 Å². The van der Waals surface area contributed by atoms with Gasteiger partial charge in [-0.15, -0.1) is 0 Å². The molecular formula is C28H36N4O3. The van der Waals surface area contributed by atoms with E-state index in [1.807, 2.05) is 23.1 Å². The van der Waals surface area contributed by atoms with E-state index in [2.05, 4.69) is 22.9 Å². The van der Waals surface area contributed by atoms with Crippen molar-refractivity contribution in [2.45, 2.75) is 57.9 Å². The molecule has 4 rings (SSSR count). The maximum Gasteiger partial charge on any atom is 0.253 e. The van der Waals surface area contributed by atoms with Gasteiger partial charge >= 0.3 is 0 Å². The van der Waals surface area contributed by atoms with E-state index in [4.69, 9.17) is 0 Å². The normalized spacial score (nSPS) is 17.0. The van der Waals surface area contributed by atoms with Crippen LogP contribution in [0.5, 0.6) is 0 Å². The number of carbonyl (C=O) groups is 3. The van der Waals surface area contributed by atoms with Gasteiger partial charge in [0.05, 0.1) is 6.54 Å². The highest BCUT2D eigenvalue weighted by atomic mass is 16.2. The molecule has 2 fully saturated rings. The summed E-state index contributed by atoms with van der Waals surface area (Å²) in [5, 5.41) is 9.05. The molecule has 0 atom stereocenters. The van der Waals surface area contributed by atoms with Crippen LogP contribution in [0.3, 0.4) is 0 Å². The number of likely N-dealkylation sites (tertiary alicyclic amines) is 1. The topological polar surface area (TPSA) is 90.5 Å². The Balaban J connectivity index is 1.25. The van der Waals surface area contributed by atoms with Crippen LogP contribution < -0.4 is 16.0 Å². The zero-order valence-corrected chi connectivity index (χ0v) is 20.5. The van der Waals surface area contributed by atoms with E-state index < -0.39 is 0 Å². The molecule has 2 aliphatic rings. The number of rotatable bonds is 7. The fraction of sp³-hybridized carbons (Fsp3) is 0.464. The van der Waals surface area contributed by atoms with Crippen LogP contribution in [-0.4, -0.2) is 48.3 Å². The highest BCUT2D eigenvalue weighted by molar-refractivity contribution is 5.97. The average Bonchev–Trinajstić information content (AvgIpc) is 2.89. The van der Waals surface area contributed by atoms with Crippen LogP contribution >= 0.6 is 0 Å². The van der Waals surface area contributed by atoms with Crippen molar-refractivity contribution in [1.82, 2.24) is 10.2 Å². The molecule has 1 heterocycles. The molecule has 2 aromatic carbocycles. The Morgan fingerprint density at radius 3 is 2.29 bits per heavy atom. The SMILES string of the molecule is CC1CCN(C(=O)c2cccc(NCC(=O)Nc3ccc(C(=O)NC4CCCCC4)cc3)c2)CC1. The molecule has 1 aliphatic carbocycles. The molecule has 0 radical (unpaired) electrons. The van der Waals surface area contributed by atoms with Gasteiger partial charge in [-0.25, -0.2) is 0 Å². The number of anilines is 2. The first-order valence-electron chi connectivity index (χ1n) is 12.8. The molecule has 186 valence electrons. The maximum atomic E-state index is 12.8. The molecule has 3 amide bonds. The zero-order chi connectivity index (χ0) is 24.6. The number of hydrogen-bond donors (Lipinski definition) is 3. The second kappa shape index (κ2) is 11.9. The minimum absolute atomic E-state index is 0.0395. The standard InChI is InChI=1S/C28H36N4O3/c1-20-14-16-32(17-15-20)28(35)22-6-5-9-25(18-22)29-19-26(33)30-24-12-10-21(11-13-24)27(34)31-23-7-3-2-4-8-23/h5-6,9-13,18,20,23,29H,2-4,7-8,14-17,19H2,1H3,(H,30,33)(H,31,34). The number of nitrogens with zero attached hydrogens (tertiary/aromatic N) is 1. The quantitative estimate of drug-likeness (QED) is 0.542. The third kappa shape index (κ3) is 7.07. The second-order valence-corrected chi connectivity index (χ2v) is 9.84. The lowest BCUT2D eigenvalue weighted by Gasteiger charge is -2.30. The number of hydrogen-bond acceptors (Lipinski definition) is 4. The largest absolute Gasteiger partial charge is 0.376 e. The third-order valence-electron chi connectivity index (χ3n) is 7.00. The van der Waals surface area contributed by atoms with E-state index in [-0.39, 0.29) is 30.3 Å². The Morgan fingerprint density at radius 1 is 0.857 bits per heavy atom. The predicted molar refractivity (Wildman–Crippen MR) is 139 cm³/mol. The van der Waals surface area contributed by atoms with E-state index in [0.717, 1.165) is 44.5 Å². The number of nitrogens with one attached hydrogen (secondary N) is 3. The summed E-state index contributed by atoms with van der Waals surface area (Å²) in [6.07, 6.45) is 7.75. The summed E-state index contributed by atoms with van der Waals surface area (Å²) in [6.45, 7) is 3.88. The highest BCUT2D eigenvalue weighted by Gasteiger charge is 2.21. The fourth-order valence-electron chi connectivity index (χ4n) is 4.76. The summed E-state index contributed by atoms with van der Waals surface area (Å²) in [5.41, 5.74) is 2.59. The fourth-order valence-corrected chi connectivity index (χ4v) is 4.76. The van der Waals surface area contributed by atoms with Crippen molar-refractivity contribution in [3.05, 3.63) is 59.7 Å².